The van der Waals surface area contributed by atoms with Gasteiger partial charge in [0.15, 0.2) is 18.1 Å². The third-order valence-corrected chi connectivity index (χ3v) is 5.65. The second-order valence-corrected chi connectivity index (χ2v) is 9.13. The molecule has 1 aliphatic heterocycles. The number of hydrogen-bond donors (Lipinski definition) is 1. The lowest BCUT2D eigenvalue weighted by atomic mass is 9.86. The molecule has 0 bridgehead atoms. The molecule has 1 fully saturated rings. The first kappa shape index (κ1) is 23.6. The summed E-state index contributed by atoms with van der Waals surface area (Å²) in [5.41, 5.74) is 1.98. The first-order chi connectivity index (χ1) is 15.3. The Morgan fingerprint density at radius 3 is 2.12 bits per heavy atom. The molecule has 2 amide bonds. The van der Waals surface area contributed by atoms with Crippen molar-refractivity contribution in [1.82, 2.24) is 10.2 Å². The van der Waals surface area contributed by atoms with Crippen LogP contribution >= 0.6 is 0 Å². The second-order valence-electron chi connectivity index (χ2n) is 9.13. The fourth-order valence-electron chi connectivity index (χ4n) is 3.78. The topological polar surface area (TPSA) is 67.9 Å². The highest BCUT2D eigenvalue weighted by atomic mass is 16.5. The van der Waals surface area contributed by atoms with Gasteiger partial charge in [0.2, 0.25) is 0 Å². The van der Waals surface area contributed by atoms with E-state index in [1.54, 1.807) is 6.07 Å². The lowest BCUT2D eigenvalue weighted by Gasteiger charge is -2.32. The fourth-order valence-corrected chi connectivity index (χ4v) is 3.78. The predicted molar refractivity (Wildman–Crippen MR) is 125 cm³/mol. The number of piperidine rings is 1. The standard InChI is InChI=1S/C26H34N2O4/c1-5-31-22-8-6-7-9-23(22)32-18-24(29)27-21-14-16-28(17-15-21)25(30)19-10-12-20(13-11-19)26(2,3)4/h6-13,21H,5,14-18H2,1-4H3,(H,27,29). The molecule has 0 saturated carbocycles. The van der Waals surface area contributed by atoms with Crippen molar-refractivity contribution in [3.05, 3.63) is 59.7 Å². The molecular weight excluding hydrogens is 404 g/mol. The molecule has 32 heavy (non-hydrogen) atoms. The SMILES string of the molecule is CCOc1ccccc1OCC(=O)NC1CCN(C(=O)c2ccc(C(C)(C)C)cc2)CC1. The summed E-state index contributed by atoms with van der Waals surface area (Å²) in [5.74, 6) is 1.07. The zero-order valence-electron chi connectivity index (χ0n) is 19.5. The van der Waals surface area contributed by atoms with Crippen LogP contribution in [0.15, 0.2) is 48.5 Å². The van der Waals surface area contributed by atoms with Crippen molar-refractivity contribution in [2.45, 2.75) is 52.0 Å². The Hall–Kier alpha value is -3.02. The molecule has 0 atom stereocenters. The van der Waals surface area contributed by atoms with Crippen LogP contribution in [0.3, 0.4) is 0 Å². The molecule has 0 aliphatic carbocycles. The van der Waals surface area contributed by atoms with Crippen molar-refractivity contribution in [1.29, 1.82) is 0 Å². The third-order valence-electron chi connectivity index (χ3n) is 5.65. The van der Waals surface area contributed by atoms with Crippen LogP contribution in [0.25, 0.3) is 0 Å². The number of carbonyl (C=O) groups excluding carboxylic acids is 2. The Labute approximate surface area is 190 Å². The summed E-state index contributed by atoms with van der Waals surface area (Å²) >= 11 is 0. The molecule has 1 N–H and O–H groups in total. The molecule has 2 aromatic carbocycles. The van der Waals surface area contributed by atoms with Crippen LogP contribution < -0.4 is 14.8 Å². The third kappa shape index (κ3) is 6.25. The average Bonchev–Trinajstić information content (AvgIpc) is 2.78. The molecule has 0 aromatic heterocycles. The lowest BCUT2D eigenvalue weighted by molar-refractivity contribution is -0.124. The molecule has 6 heteroatoms. The van der Waals surface area contributed by atoms with Gasteiger partial charge in [-0.25, -0.2) is 0 Å². The predicted octanol–water partition coefficient (Wildman–Crippen LogP) is 4.18. The van der Waals surface area contributed by atoms with E-state index in [1.165, 1.54) is 5.56 Å². The number of benzene rings is 2. The van der Waals surface area contributed by atoms with Crippen molar-refractivity contribution in [2.24, 2.45) is 0 Å². The number of likely N-dealkylation sites (tertiary alicyclic amines) is 1. The number of ether oxygens (including phenoxy) is 2. The maximum absolute atomic E-state index is 12.8. The summed E-state index contributed by atoms with van der Waals surface area (Å²) in [4.78, 5) is 27.1. The Kier molecular flexibility index (Phi) is 7.78. The van der Waals surface area contributed by atoms with Gasteiger partial charge < -0.3 is 19.7 Å². The van der Waals surface area contributed by atoms with Crippen LogP contribution in [0, 0.1) is 0 Å². The van der Waals surface area contributed by atoms with Gasteiger partial charge in [0.05, 0.1) is 6.61 Å². The van der Waals surface area contributed by atoms with Gasteiger partial charge in [0.25, 0.3) is 11.8 Å². The number of hydrogen-bond acceptors (Lipinski definition) is 4. The van der Waals surface area contributed by atoms with E-state index in [0.717, 1.165) is 12.8 Å². The largest absolute Gasteiger partial charge is 0.490 e. The monoisotopic (exact) mass is 438 g/mol. The molecule has 1 aliphatic rings. The molecule has 1 saturated heterocycles. The van der Waals surface area contributed by atoms with Gasteiger partial charge in [0.1, 0.15) is 0 Å². The Balaban J connectivity index is 1.45. The van der Waals surface area contributed by atoms with E-state index in [0.29, 0.717) is 36.8 Å². The molecule has 3 rings (SSSR count). The van der Waals surface area contributed by atoms with Crippen molar-refractivity contribution >= 4 is 11.8 Å². The van der Waals surface area contributed by atoms with Gasteiger partial charge in [-0.3, -0.25) is 9.59 Å². The average molecular weight is 439 g/mol. The number of rotatable bonds is 7. The Morgan fingerprint density at radius 1 is 0.969 bits per heavy atom. The number of para-hydroxylation sites is 2. The molecular formula is C26H34N2O4. The second kappa shape index (κ2) is 10.5. The molecule has 6 nitrogen and oxygen atoms in total. The van der Waals surface area contributed by atoms with E-state index in [2.05, 4.69) is 26.1 Å². The van der Waals surface area contributed by atoms with Gasteiger partial charge in [-0.15, -0.1) is 0 Å². The molecule has 0 spiro atoms. The zero-order chi connectivity index (χ0) is 23.1. The summed E-state index contributed by atoms with van der Waals surface area (Å²) < 4.78 is 11.2. The number of carbonyl (C=O) groups is 2. The molecule has 172 valence electrons. The van der Waals surface area contributed by atoms with E-state index in [-0.39, 0.29) is 29.9 Å². The van der Waals surface area contributed by atoms with Gasteiger partial charge >= 0.3 is 0 Å². The summed E-state index contributed by atoms with van der Waals surface area (Å²) in [7, 11) is 0. The lowest BCUT2D eigenvalue weighted by Crippen LogP contribution is -2.47. The van der Waals surface area contributed by atoms with E-state index in [4.69, 9.17) is 9.47 Å². The fraction of sp³-hybridized carbons (Fsp3) is 0.462. The van der Waals surface area contributed by atoms with Crippen LogP contribution in [0.4, 0.5) is 0 Å². The minimum absolute atomic E-state index is 0.0422. The first-order valence-electron chi connectivity index (χ1n) is 11.3. The van der Waals surface area contributed by atoms with Crippen LogP contribution in [-0.4, -0.2) is 49.1 Å². The highest BCUT2D eigenvalue weighted by Crippen LogP contribution is 2.26. The van der Waals surface area contributed by atoms with Gasteiger partial charge in [-0.05, 0) is 55.0 Å². The maximum atomic E-state index is 12.8. The maximum Gasteiger partial charge on any atom is 0.258 e. The van der Waals surface area contributed by atoms with E-state index in [9.17, 15) is 9.59 Å². The van der Waals surface area contributed by atoms with Crippen molar-refractivity contribution in [3.63, 3.8) is 0 Å². The quantitative estimate of drug-likeness (QED) is 0.704. The Morgan fingerprint density at radius 2 is 1.56 bits per heavy atom. The molecule has 0 unspecified atom stereocenters. The smallest absolute Gasteiger partial charge is 0.258 e. The number of amides is 2. The minimum Gasteiger partial charge on any atom is -0.490 e. The van der Waals surface area contributed by atoms with Gasteiger partial charge in [-0.1, -0.05) is 45.0 Å². The summed E-state index contributed by atoms with van der Waals surface area (Å²) in [6.45, 7) is 10.1. The summed E-state index contributed by atoms with van der Waals surface area (Å²) in [6.07, 6.45) is 1.46. The molecule has 2 aromatic rings. The normalized spacial score (nSPS) is 14.7. The highest BCUT2D eigenvalue weighted by Gasteiger charge is 2.25. The Bertz CT molecular complexity index is 910. The van der Waals surface area contributed by atoms with Crippen molar-refractivity contribution < 1.29 is 19.1 Å². The molecule has 0 radical (unpaired) electrons. The first-order valence-corrected chi connectivity index (χ1v) is 11.3. The van der Waals surface area contributed by atoms with E-state index >= 15 is 0 Å². The van der Waals surface area contributed by atoms with Crippen LogP contribution in [-0.2, 0) is 10.2 Å². The number of nitrogens with one attached hydrogen (secondary N) is 1. The van der Waals surface area contributed by atoms with Gasteiger partial charge in [0, 0.05) is 24.7 Å². The van der Waals surface area contributed by atoms with Crippen LogP contribution in [0.2, 0.25) is 0 Å². The van der Waals surface area contributed by atoms with Crippen molar-refractivity contribution in [3.8, 4) is 11.5 Å². The van der Waals surface area contributed by atoms with E-state index in [1.807, 2.05) is 54.3 Å². The van der Waals surface area contributed by atoms with Crippen LogP contribution in [0.1, 0.15) is 56.5 Å². The zero-order valence-corrected chi connectivity index (χ0v) is 19.5. The summed E-state index contributed by atoms with van der Waals surface area (Å²) in [6, 6.07) is 15.2. The summed E-state index contributed by atoms with van der Waals surface area (Å²) in [5, 5.41) is 3.02. The van der Waals surface area contributed by atoms with Crippen LogP contribution in [0.5, 0.6) is 11.5 Å². The van der Waals surface area contributed by atoms with E-state index < -0.39 is 0 Å². The molecule has 1 heterocycles. The van der Waals surface area contributed by atoms with Gasteiger partial charge in [-0.2, -0.15) is 0 Å². The highest BCUT2D eigenvalue weighted by molar-refractivity contribution is 5.94. The minimum atomic E-state index is -0.168. The van der Waals surface area contributed by atoms with Crippen molar-refractivity contribution in [2.75, 3.05) is 26.3 Å². The number of nitrogens with zero attached hydrogens (tertiary/aromatic N) is 1.